The Morgan fingerprint density at radius 1 is 1.08 bits per heavy atom. The minimum atomic E-state index is -0.494. The summed E-state index contributed by atoms with van der Waals surface area (Å²) < 4.78 is 5.75. The number of hydrogen-bond donors (Lipinski definition) is 2. The van der Waals surface area contributed by atoms with Crippen molar-refractivity contribution in [2.24, 2.45) is 5.41 Å². The summed E-state index contributed by atoms with van der Waals surface area (Å²) in [6.07, 6.45) is 2.88. The predicted molar refractivity (Wildman–Crippen MR) is 144 cm³/mol. The molecular weight excluding hydrogens is 464 g/mol. The van der Waals surface area contributed by atoms with Gasteiger partial charge in [0.2, 0.25) is 5.91 Å². The summed E-state index contributed by atoms with van der Waals surface area (Å²) in [4.78, 5) is 33.5. The molecule has 0 fully saturated rings. The van der Waals surface area contributed by atoms with Crippen LogP contribution in [-0.2, 0) is 16.1 Å². The van der Waals surface area contributed by atoms with Crippen molar-refractivity contribution >= 4 is 23.1 Å². The van der Waals surface area contributed by atoms with E-state index in [1.165, 1.54) is 0 Å². The topological polar surface area (TPSA) is 83.6 Å². The van der Waals surface area contributed by atoms with Gasteiger partial charge >= 0.3 is 0 Å². The number of ketones is 1. The van der Waals surface area contributed by atoms with Crippen LogP contribution >= 0.6 is 0 Å². The number of para-hydroxylation sites is 3. The van der Waals surface area contributed by atoms with Gasteiger partial charge < -0.3 is 20.3 Å². The number of carbonyl (C=O) groups is 2. The predicted octanol–water partition coefficient (Wildman–Crippen LogP) is 5.02. The van der Waals surface area contributed by atoms with Crippen molar-refractivity contribution in [3.63, 3.8) is 0 Å². The van der Waals surface area contributed by atoms with Gasteiger partial charge in [0, 0.05) is 29.5 Å². The second-order valence-corrected chi connectivity index (χ2v) is 10.3. The molecule has 1 unspecified atom stereocenters. The molecule has 1 aliphatic heterocycles. The molecule has 2 heterocycles. The highest BCUT2D eigenvalue weighted by molar-refractivity contribution is 6.02. The largest absolute Gasteiger partial charge is 0.496 e. The van der Waals surface area contributed by atoms with Crippen LogP contribution < -0.4 is 20.3 Å². The smallest absolute Gasteiger partial charge is 0.239 e. The number of allylic oxidation sites excluding steroid dienone is 1. The lowest BCUT2D eigenvalue weighted by Gasteiger charge is -2.38. The third-order valence-corrected chi connectivity index (χ3v) is 6.94. The maximum absolute atomic E-state index is 13.8. The Kier molecular flexibility index (Phi) is 6.70. The Morgan fingerprint density at radius 2 is 1.84 bits per heavy atom. The summed E-state index contributed by atoms with van der Waals surface area (Å²) in [6.45, 7) is 4.62. The lowest BCUT2D eigenvalue weighted by Crippen LogP contribution is -2.42. The number of Topliss-reactive ketones (excluding diaryl/α,β-unsaturated/α-hetero) is 1. The lowest BCUT2D eigenvalue weighted by molar-refractivity contribution is -0.121. The number of methoxy groups -OCH3 is 1. The van der Waals surface area contributed by atoms with Crippen molar-refractivity contribution in [2.75, 3.05) is 23.9 Å². The van der Waals surface area contributed by atoms with Crippen LogP contribution in [0.15, 0.2) is 84.2 Å². The zero-order valence-corrected chi connectivity index (χ0v) is 21.5. The summed E-state index contributed by atoms with van der Waals surface area (Å²) in [6, 6.07) is 20.8. The van der Waals surface area contributed by atoms with Crippen LogP contribution in [0.3, 0.4) is 0 Å². The Bertz CT molecular complexity index is 1350. The molecule has 0 radical (unpaired) electrons. The molecule has 0 spiro atoms. The Morgan fingerprint density at radius 3 is 2.62 bits per heavy atom. The molecule has 2 aliphatic rings. The van der Waals surface area contributed by atoms with Crippen molar-refractivity contribution in [1.82, 2.24) is 10.3 Å². The van der Waals surface area contributed by atoms with E-state index in [-0.39, 0.29) is 23.7 Å². The van der Waals surface area contributed by atoms with Gasteiger partial charge in [-0.25, -0.2) is 0 Å². The quantitative estimate of drug-likeness (QED) is 0.499. The van der Waals surface area contributed by atoms with Gasteiger partial charge in [-0.1, -0.05) is 50.2 Å². The number of anilines is 2. The summed E-state index contributed by atoms with van der Waals surface area (Å²) in [5.74, 6) is 0.601. The van der Waals surface area contributed by atoms with E-state index in [2.05, 4.69) is 29.5 Å². The summed E-state index contributed by atoms with van der Waals surface area (Å²) in [5, 5.41) is 6.58. The average Bonchev–Trinajstić information content (AvgIpc) is 3.01. The molecule has 1 amide bonds. The third-order valence-electron chi connectivity index (χ3n) is 6.94. The highest BCUT2D eigenvalue weighted by Crippen LogP contribution is 2.49. The second kappa shape index (κ2) is 10.1. The first-order valence-electron chi connectivity index (χ1n) is 12.5. The van der Waals surface area contributed by atoms with E-state index >= 15 is 0 Å². The van der Waals surface area contributed by atoms with Crippen molar-refractivity contribution in [2.45, 2.75) is 39.3 Å². The molecule has 1 aliphatic carbocycles. The molecule has 7 heteroatoms. The van der Waals surface area contributed by atoms with Gasteiger partial charge in [0.15, 0.2) is 5.78 Å². The van der Waals surface area contributed by atoms with E-state index in [1.54, 1.807) is 13.3 Å². The minimum Gasteiger partial charge on any atom is -0.496 e. The van der Waals surface area contributed by atoms with E-state index in [1.807, 2.05) is 71.6 Å². The van der Waals surface area contributed by atoms with Crippen LogP contribution in [0.2, 0.25) is 0 Å². The van der Waals surface area contributed by atoms with E-state index in [0.717, 1.165) is 34.8 Å². The molecular formula is C30H32N4O3. The summed E-state index contributed by atoms with van der Waals surface area (Å²) >= 11 is 0. The number of benzene rings is 2. The highest BCUT2D eigenvalue weighted by atomic mass is 16.5. The number of ether oxygens (including phenoxy) is 1. The molecule has 7 nitrogen and oxygen atoms in total. The Hall–Kier alpha value is -4.13. The number of carbonyl (C=O) groups excluding carboxylic acids is 2. The van der Waals surface area contributed by atoms with Gasteiger partial charge in [-0.05, 0) is 42.2 Å². The molecule has 190 valence electrons. The normalized spacial score (nSPS) is 18.3. The Balaban J connectivity index is 1.61. The number of amides is 1. The van der Waals surface area contributed by atoms with Crippen molar-refractivity contribution in [1.29, 1.82) is 0 Å². The molecule has 1 aromatic heterocycles. The lowest BCUT2D eigenvalue weighted by atomic mass is 9.73. The molecule has 2 N–H and O–H groups in total. The number of rotatable bonds is 6. The standard InChI is InChI=1S/C30H32N4O3/c1-30(2)16-23-28(25(35)17-30)29(21-11-4-7-14-26(21)37-3)34(24-13-6-5-12-22(24)33-23)19-27(36)32-18-20-10-8-9-15-31-20/h4-15,29,33H,16-19H2,1-3H3,(H,32,36). The first-order chi connectivity index (χ1) is 17.9. The number of aromatic nitrogens is 1. The molecule has 0 saturated carbocycles. The maximum Gasteiger partial charge on any atom is 0.239 e. The number of hydrogen-bond acceptors (Lipinski definition) is 6. The monoisotopic (exact) mass is 496 g/mol. The van der Waals surface area contributed by atoms with Gasteiger partial charge in [-0.2, -0.15) is 0 Å². The van der Waals surface area contributed by atoms with Gasteiger partial charge in [0.25, 0.3) is 0 Å². The molecule has 0 bridgehead atoms. The molecule has 5 rings (SSSR count). The van der Waals surface area contributed by atoms with Gasteiger partial charge in [0.1, 0.15) is 5.75 Å². The SMILES string of the molecule is COc1ccccc1C1C2=C(CC(C)(C)CC2=O)Nc2ccccc2N1CC(=O)NCc1ccccn1. The number of pyridine rings is 1. The zero-order chi connectivity index (χ0) is 26.0. The fraction of sp³-hybridized carbons (Fsp3) is 0.300. The van der Waals surface area contributed by atoms with E-state index in [0.29, 0.717) is 24.3 Å². The van der Waals surface area contributed by atoms with Gasteiger partial charge in [-0.3, -0.25) is 14.6 Å². The van der Waals surface area contributed by atoms with Gasteiger partial charge in [-0.15, -0.1) is 0 Å². The van der Waals surface area contributed by atoms with Gasteiger partial charge in [0.05, 0.1) is 43.3 Å². The molecule has 3 aromatic rings. The summed E-state index contributed by atoms with van der Waals surface area (Å²) in [5.41, 5.74) is 4.78. The van der Waals surface area contributed by atoms with Crippen LogP contribution in [0.4, 0.5) is 11.4 Å². The molecule has 1 atom stereocenters. The third kappa shape index (κ3) is 5.07. The van der Waals surface area contributed by atoms with Crippen LogP contribution in [0.5, 0.6) is 5.75 Å². The minimum absolute atomic E-state index is 0.0572. The molecule has 0 saturated heterocycles. The number of nitrogens with zero attached hydrogens (tertiary/aromatic N) is 2. The fourth-order valence-corrected chi connectivity index (χ4v) is 5.35. The molecule has 37 heavy (non-hydrogen) atoms. The van der Waals surface area contributed by atoms with Crippen molar-refractivity contribution in [3.8, 4) is 5.75 Å². The first kappa shape index (κ1) is 24.6. The average molecular weight is 497 g/mol. The Labute approximate surface area is 217 Å². The maximum atomic E-state index is 13.8. The number of nitrogens with one attached hydrogen (secondary N) is 2. The van der Waals surface area contributed by atoms with Crippen LogP contribution in [0.1, 0.15) is 44.0 Å². The summed E-state index contributed by atoms with van der Waals surface area (Å²) in [7, 11) is 1.63. The zero-order valence-electron chi connectivity index (χ0n) is 21.5. The number of fused-ring (bicyclic) bond motifs is 1. The fourth-order valence-electron chi connectivity index (χ4n) is 5.35. The van der Waals surface area contributed by atoms with Crippen LogP contribution in [0, 0.1) is 5.41 Å². The molecule has 2 aromatic carbocycles. The highest BCUT2D eigenvalue weighted by Gasteiger charge is 2.42. The van der Waals surface area contributed by atoms with Crippen LogP contribution in [0.25, 0.3) is 0 Å². The second-order valence-electron chi connectivity index (χ2n) is 10.3. The van der Waals surface area contributed by atoms with E-state index in [4.69, 9.17) is 4.74 Å². The van der Waals surface area contributed by atoms with E-state index < -0.39 is 6.04 Å². The van der Waals surface area contributed by atoms with Crippen LogP contribution in [-0.4, -0.2) is 30.3 Å². The van der Waals surface area contributed by atoms with Crippen molar-refractivity contribution in [3.05, 3.63) is 95.5 Å². The van der Waals surface area contributed by atoms with Crippen molar-refractivity contribution < 1.29 is 14.3 Å². The first-order valence-corrected chi connectivity index (χ1v) is 12.5. The van der Waals surface area contributed by atoms with E-state index in [9.17, 15) is 9.59 Å².